The summed E-state index contributed by atoms with van der Waals surface area (Å²) in [6, 6.07) is 7.05. The summed E-state index contributed by atoms with van der Waals surface area (Å²) in [7, 11) is 0. The summed E-state index contributed by atoms with van der Waals surface area (Å²) in [6.07, 6.45) is 0. The van der Waals surface area contributed by atoms with E-state index in [0.29, 0.717) is 5.56 Å². The van der Waals surface area contributed by atoms with Crippen molar-refractivity contribution in [3.05, 3.63) is 34.3 Å². The molecule has 1 aromatic carbocycles. The monoisotopic (exact) mass is 361 g/mol. The first-order chi connectivity index (χ1) is 7.79. The van der Waals surface area contributed by atoms with Crippen molar-refractivity contribution in [3.8, 4) is 0 Å². The van der Waals surface area contributed by atoms with Crippen LogP contribution >= 0.6 is 31.9 Å². The third-order valence-electron chi connectivity index (χ3n) is 1.69. The van der Waals surface area contributed by atoms with Crippen LogP contribution < -0.4 is 0 Å². The molecule has 92 valence electrons. The average molecular weight is 363 g/mol. The molecule has 0 N–H and O–H groups in total. The maximum absolute atomic E-state index is 11.9. The van der Waals surface area contributed by atoms with Gasteiger partial charge in [0.25, 0.3) is 0 Å². The van der Waals surface area contributed by atoms with E-state index in [1.807, 2.05) is 20.8 Å². The second-order valence-electron chi connectivity index (χ2n) is 4.42. The van der Waals surface area contributed by atoms with E-state index in [2.05, 4.69) is 37.0 Å². The lowest BCUT2D eigenvalue weighted by atomic mass is 10.1. The SMILES string of the molecule is CC(C)(C)O/N=C(\Br)C(=O)c1ccc(Br)cc1. The van der Waals surface area contributed by atoms with Gasteiger partial charge in [0.15, 0.2) is 4.62 Å². The van der Waals surface area contributed by atoms with E-state index < -0.39 is 5.60 Å². The highest BCUT2D eigenvalue weighted by molar-refractivity contribution is 9.19. The van der Waals surface area contributed by atoms with E-state index in [1.54, 1.807) is 24.3 Å². The van der Waals surface area contributed by atoms with Crippen LogP contribution in [0.25, 0.3) is 0 Å². The zero-order chi connectivity index (χ0) is 13.1. The first-order valence-corrected chi connectivity index (χ1v) is 6.60. The molecule has 0 saturated heterocycles. The predicted molar refractivity (Wildman–Crippen MR) is 75.7 cm³/mol. The highest BCUT2D eigenvalue weighted by Gasteiger charge is 2.15. The maximum Gasteiger partial charge on any atom is 0.221 e. The van der Waals surface area contributed by atoms with Gasteiger partial charge in [-0.05, 0) is 61.0 Å². The Morgan fingerprint density at radius 2 is 1.76 bits per heavy atom. The third-order valence-corrected chi connectivity index (χ3v) is 2.73. The molecule has 0 atom stereocenters. The fourth-order valence-corrected chi connectivity index (χ4v) is 1.50. The number of carbonyl (C=O) groups is 1. The fourth-order valence-electron chi connectivity index (χ4n) is 0.939. The highest BCUT2D eigenvalue weighted by atomic mass is 79.9. The molecule has 0 fully saturated rings. The van der Waals surface area contributed by atoms with Crippen LogP contribution in [0.15, 0.2) is 33.9 Å². The molecule has 0 aliphatic carbocycles. The minimum absolute atomic E-state index is 0.162. The summed E-state index contributed by atoms with van der Waals surface area (Å²) in [5.74, 6) is -0.207. The zero-order valence-corrected chi connectivity index (χ0v) is 13.0. The Kier molecular flexibility index (Phi) is 4.89. The molecule has 0 saturated carbocycles. The Bertz CT molecular complexity index is 433. The molecule has 0 radical (unpaired) electrons. The Balaban J connectivity index is 2.80. The van der Waals surface area contributed by atoms with Gasteiger partial charge in [-0.15, -0.1) is 0 Å². The standard InChI is InChI=1S/C12H13Br2NO2/c1-12(2,3)17-15-11(14)10(16)8-4-6-9(13)7-5-8/h4-7H,1-3H3/b15-11-. The van der Waals surface area contributed by atoms with Crippen molar-refractivity contribution in [3.63, 3.8) is 0 Å². The number of Topliss-reactive ketones (excluding diaryl/α,β-unsaturated/α-hetero) is 1. The molecule has 1 rings (SSSR count). The normalized spacial score (nSPS) is 12.4. The van der Waals surface area contributed by atoms with Crippen LogP contribution in [-0.4, -0.2) is 16.0 Å². The smallest absolute Gasteiger partial charge is 0.221 e. The number of halogens is 2. The number of ketones is 1. The largest absolute Gasteiger partial charge is 0.389 e. The zero-order valence-electron chi connectivity index (χ0n) is 9.83. The lowest BCUT2D eigenvalue weighted by Gasteiger charge is -2.15. The fraction of sp³-hybridized carbons (Fsp3) is 0.333. The molecule has 0 bridgehead atoms. The lowest BCUT2D eigenvalue weighted by molar-refractivity contribution is 0.00156. The number of hydrogen-bond acceptors (Lipinski definition) is 3. The van der Waals surface area contributed by atoms with E-state index in [4.69, 9.17) is 4.84 Å². The molecule has 0 amide bonds. The lowest BCUT2D eigenvalue weighted by Crippen LogP contribution is -2.18. The van der Waals surface area contributed by atoms with Gasteiger partial charge < -0.3 is 4.84 Å². The van der Waals surface area contributed by atoms with Gasteiger partial charge >= 0.3 is 0 Å². The molecule has 0 aliphatic heterocycles. The highest BCUT2D eigenvalue weighted by Crippen LogP contribution is 2.14. The average Bonchev–Trinajstić information content (AvgIpc) is 2.25. The van der Waals surface area contributed by atoms with Crippen molar-refractivity contribution in [2.75, 3.05) is 0 Å². The third kappa shape index (κ3) is 5.00. The van der Waals surface area contributed by atoms with Crippen molar-refractivity contribution in [1.82, 2.24) is 0 Å². The number of carbonyl (C=O) groups excluding carboxylic acids is 1. The quantitative estimate of drug-likeness (QED) is 0.460. The van der Waals surface area contributed by atoms with Crippen LogP contribution in [0.1, 0.15) is 31.1 Å². The first kappa shape index (κ1) is 14.4. The molecule has 0 unspecified atom stereocenters. The minimum atomic E-state index is -0.418. The van der Waals surface area contributed by atoms with E-state index in [0.717, 1.165) is 4.47 Å². The van der Waals surface area contributed by atoms with Gasteiger partial charge in [-0.25, -0.2) is 0 Å². The topological polar surface area (TPSA) is 38.7 Å². The van der Waals surface area contributed by atoms with Gasteiger partial charge in [-0.2, -0.15) is 0 Å². The molecule has 17 heavy (non-hydrogen) atoms. The van der Waals surface area contributed by atoms with Crippen molar-refractivity contribution < 1.29 is 9.63 Å². The molecule has 5 heteroatoms. The Labute approximate surface area is 117 Å². The van der Waals surface area contributed by atoms with Crippen molar-refractivity contribution >= 4 is 42.3 Å². The van der Waals surface area contributed by atoms with E-state index >= 15 is 0 Å². The van der Waals surface area contributed by atoms with Gasteiger partial charge in [0.05, 0.1) is 0 Å². The number of rotatable bonds is 3. The molecule has 1 aromatic rings. The van der Waals surface area contributed by atoms with Gasteiger partial charge in [0.1, 0.15) is 5.60 Å². The van der Waals surface area contributed by atoms with Crippen molar-refractivity contribution in [2.24, 2.45) is 5.16 Å². The van der Waals surface area contributed by atoms with Gasteiger partial charge in [0.2, 0.25) is 5.78 Å². The first-order valence-electron chi connectivity index (χ1n) is 5.01. The van der Waals surface area contributed by atoms with Crippen LogP contribution in [-0.2, 0) is 4.84 Å². The molecule has 3 nitrogen and oxygen atoms in total. The summed E-state index contributed by atoms with van der Waals surface area (Å²) >= 11 is 6.43. The Hall–Kier alpha value is -0.680. The summed E-state index contributed by atoms with van der Waals surface area (Å²) < 4.78 is 1.09. The van der Waals surface area contributed by atoms with Crippen LogP contribution in [0.5, 0.6) is 0 Å². The number of nitrogens with zero attached hydrogens (tertiary/aromatic N) is 1. The summed E-state index contributed by atoms with van der Waals surface area (Å²) in [4.78, 5) is 17.1. The number of hydrogen-bond donors (Lipinski definition) is 0. The van der Waals surface area contributed by atoms with E-state index in [9.17, 15) is 4.79 Å². The van der Waals surface area contributed by atoms with Gasteiger partial charge in [-0.3, -0.25) is 4.79 Å². The van der Waals surface area contributed by atoms with Gasteiger partial charge in [-0.1, -0.05) is 21.1 Å². The summed E-state index contributed by atoms with van der Waals surface area (Å²) in [5, 5.41) is 3.77. The van der Waals surface area contributed by atoms with Gasteiger partial charge in [0, 0.05) is 10.0 Å². The molecule has 0 heterocycles. The molecular weight excluding hydrogens is 350 g/mol. The minimum Gasteiger partial charge on any atom is -0.389 e. The Morgan fingerprint density at radius 1 is 1.24 bits per heavy atom. The summed E-state index contributed by atoms with van der Waals surface area (Å²) in [6.45, 7) is 5.59. The van der Waals surface area contributed by atoms with Crippen molar-refractivity contribution in [2.45, 2.75) is 26.4 Å². The van der Waals surface area contributed by atoms with Crippen LogP contribution in [0.3, 0.4) is 0 Å². The van der Waals surface area contributed by atoms with Crippen LogP contribution in [0.2, 0.25) is 0 Å². The van der Waals surface area contributed by atoms with E-state index in [-0.39, 0.29) is 10.4 Å². The van der Waals surface area contributed by atoms with Crippen LogP contribution in [0.4, 0.5) is 0 Å². The van der Waals surface area contributed by atoms with Crippen molar-refractivity contribution in [1.29, 1.82) is 0 Å². The second-order valence-corrected chi connectivity index (χ2v) is 6.09. The molecule has 0 aliphatic rings. The molecule has 0 aromatic heterocycles. The number of benzene rings is 1. The molecule has 0 spiro atoms. The number of oxime groups is 1. The second kappa shape index (κ2) is 5.78. The maximum atomic E-state index is 11.9. The summed E-state index contributed by atoms with van der Waals surface area (Å²) in [5.41, 5.74) is 0.139. The van der Waals surface area contributed by atoms with Crippen LogP contribution in [0, 0.1) is 0 Å². The molecular formula is C12H13Br2NO2. The predicted octanol–water partition coefficient (Wildman–Crippen LogP) is 4.16. The van der Waals surface area contributed by atoms with E-state index in [1.165, 1.54) is 0 Å². The Morgan fingerprint density at radius 3 is 2.24 bits per heavy atom.